The zero-order valence-electron chi connectivity index (χ0n) is 11.4. The number of benzene rings is 2. The monoisotopic (exact) mass is 289 g/mol. The molecule has 0 bridgehead atoms. The third-order valence-corrected chi connectivity index (χ3v) is 4.39. The Balaban J connectivity index is 1.75. The molecule has 0 fully saturated rings. The summed E-state index contributed by atoms with van der Waals surface area (Å²) in [6, 6.07) is 13.4. The molecule has 1 nitrogen and oxygen atoms in total. The van der Waals surface area contributed by atoms with E-state index in [9.17, 15) is 4.39 Å². The Labute approximate surface area is 123 Å². The summed E-state index contributed by atoms with van der Waals surface area (Å²) >= 11 is 6.45. The van der Waals surface area contributed by atoms with Crippen LogP contribution >= 0.6 is 11.6 Å². The second-order valence-corrected chi connectivity index (χ2v) is 5.91. The molecule has 2 atom stereocenters. The maximum atomic E-state index is 13.1. The average molecular weight is 290 g/mol. The lowest BCUT2D eigenvalue weighted by atomic mass is 10.1. The molecule has 3 heteroatoms. The van der Waals surface area contributed by atoms with E-state index in [2.05, 4.69) is 23.5 Å². The number of hydrogen-bond donors (Lipinski definition) is 1. The number of aryl methyl sites for hydroxylation is 1. The highest BCUT2D eigenvalue weighted by Gasteiger charge is 2.30. The summed E-state index contributed by atoms with van der Waals surface area (Å²) in [6.45, 7) is 2.63. The van der Waals surface area contributed by atoms with Crippen molar-refractivity contribution in [3.05, 3.63) is 70.5 Å². The Kier molecular flexibility index (Phi) is 3.77. The smallest absolute Gasteiger partial charge is 0.123 e. The summed E-state index contributed by atoms with van der Waals surface area (Å²) in [7, 11) is 0. The lowest BCUT2D eigenvalue weighted by Crippen LogP contribution is -2.25. The van der Waals surface area contributed by atoms with Gasteiger partial charge in [-0.2, -0.15) is 0 Å². The number of nitrogens with one attached hydrogen (secondary N) is 1. The number of hydrogen-bond acceptors (Lipinski definition) is 1. The lowest BCUT2D eigenvalue weighted by Gasteiger charge is -2.18. The summed E-state index contributed by atoms with van der Waals surface area (Å²) in [5.74, 6) is -0.187. The molecule has 0 heterocycles. The van der Waals surface area contributed by atoms with Crippen LogP contribution in [0.25, 0.3) is 0 Å². The van der Waals surface area contributed by atoms with E-state index in [1.807, 2.05) is 19.1 Å². The van der Waals surface area contributed by atoms with Gasteiger partial charge in [0, 0.05) is 12.6 Å². The van der Waals surface area contributed by atoms with E-state index in [0.717, 1.165) is 17.5 Å². The minimum absolute atomic E-state index is 0.0770. The van der Waals surface area contributed by atoms with Crippen LogP contribution in [0.3, 0.4) is 0 Å². The van der Waals surface area contributed by atoms with Gasteiger partial charge in [-0.3, -0.25) is 0 Å². The zero-order valence-corrected chi connectivity index (χ0v) is 12.1. The molecule has 2 aromatic rings. The molecule has 2 unspecified atom stereocenters. The summed E-state index contributed by atoms with van der Waals surface area (Å²) in [4.78, 5) is 0. The highest BCUT2D eigenvalue weighted by Crippen LogP contribution is 2.34. The molecule has 0 spiro atoms. The highest BCUT2D eigenvalue weighted by molar-refractivity contribution is 6.21. The van der Waals surface area contributed by atoms with Gasteiger partial charge in [0.15, 0.2) is 0 Å². The van der Waals surface area contributed by atoms with Gasteiger partial charge in [0.1, 0.15) is 5.82 Å². The molecule has 1 aliphatic carbocycles. The van der Waals surface area contributed by atoms with Gasteiger partial charge in [-0.15, -0.1) is 11.6 Å². The van der Waals surface area contributed by atoms with Crippen molar-refractivity contribution in [1.82, 2.24) is 5.32 Å². The van der Waals surface area contributed by atoms with Crippen LogP contribution in [-0.4, -0.2) is 5.38 Å². The quantitative estimate of drug-likeness (QED) is 0.838. The molecule has 1 aliphatic rings. The van der Waals surface area contributed by atoms with Crippen molar-refractivity contribution >= 4 is 11.6 Å². The van der Waals surface area contributed by atoms with Gasteiger partial charge in [0.25, 0.3) is 0 Å². The Hall–Kier alpha value is -1.38. The number of alkyl halides is 1. The molecule has 0 aliphatic heterocycles. The predicted octanol–water partition coefficient (Wildman–Crippen LogP) is 4.13. The maximum absolute atomic E-state index is 13.1. The Morgan fingerprint density at radius 1 is 1.25 bits per heavy atom. The molecule has 0 saturated carbocycles. The van der Waals surface area contributed by atoms with E-state index in [0.29, 0.717) is 6.54 Å². The van der Waals surface area contributed by atoms with Crippen LogP contribution in [0.4, 0.5) is 4.39 Å². The van der Waals surface area contributed by atoms with E-state index in [1.54, 1.807) is 6.07 Å². The highest BCUT2D eigenvalue weighted by atomic mass is 35.5. The fraction of sp³-hybridized carbons (Fsp3) is 0.294. The van der Waals surface area contributed by atoms with Crippen molar-refractivity contribution in [1.29, 1.82) is 0 Å². The molecular formula is C17H17ClFN. The summed E-state index contributed by atoms with van der Waals surface area (Å²) < 4.78 is 13.1. The first-order valence-electron chi connectivity index (χ1n) is 6.85. The first-order chi connectivity index (χ1) is 9.65. The van der Waals surface area contributed by atoms with E-state index < -0.39 is 0 Å². The van der Waals surface area contributed by atoms with Crippen LogP contribution in [0.15, 0.2) is 42.5 Å². The second kappa shape index (κ2) is 5.55. The van der Waals surface area contributed by atoms with Gasteiger partial charge in [0.2, 0.25) is 0 Å². The van der Waals surface area contributed by atoms with E-state index in [4.69, 9.17) is 11.6 Å². The standard InChI is InChI=1S/C17H17ClFN/c1-11-8-14(19)7-6-13(11)10-20-17-15-5-3-2-4-12(15)9-16(17)18/h2-8,16-17,20H,9-10H2,1H3. The predicted molar refractivity (Wildman–Crippen MR) is 80.5 cm³/mol. The van der Waals surface area contributed by atoms with Gasteiger partial charge >= 0.3 is 0 Å². The van der Waals surface area contributed by atoms with E-state index >= 15 is 0 Å². The molecule has 20 heavy (non-hydrogen) atoms. The van der Waals surface area contributed by atoms with Gasteiger partial charge < -0.3 is 5.32 Å². The van der Waals surface area contributed by atoms with Crippen LogP contribution in [0.5, 0.6) is 0 Å². The number of fused-ring (bicyclic) bond motifs is 1. The van der Waals surface area contributed by atoms with Gasteiger partial charge in [-0.1, -0.05) is 30.3 Å². The topological polar surface area (TPSA) is 12.0 Å². The molecule has 2 aromatic carbocycles. The SMILES string of the molecule is Cc1cc(F)ccc1CNC1c2ccccc2CC1Cl. The molecular weight excluding hydrogens is 273 g/mol. The summed E-state index contributed by atoms with van der Waals surface area (Å²) in [5.41, 5.74) is 4.68. The minimum Gasteiger partial charge on any atom is -0.305 e. The number of halogens is 2. The van der Waals surface area contributed by atoms with E-state index in [1.165, 1.54) is 17.2 Å². The molecule has 104 valence electrons. The van der Waals surface area contributed by atoms with Crippen molar-refractivity contribution in [3.63, 3.8) is 0 Å². The Bertz CT molecular complexity index is 626. The molecule has 0 saturated heterocycles. The van der Waals surface area contributed by atoms with Gasteiger partial charge in [-0.05, 0) is 47.7 Å². The maximum Gasteiger partial charge on any atom is 0.123 e. The van der Waals surface area contributed by atoms with Gasteiger partial charge in [-0.25, -0.2) is 4.39 Å². The third kappa shape index (κ3) is 2.58. The summed E-state index contributed by atoms with van der Waals surface area (Å²) in [6.07, 6.45) is 0.901. The van der Waals surface area contributed by atoms with Crippen LogP contribution in [0.1, 0.15) is 28.3 Å². The minimum atomic E-state index is -0.187. The summed E-state index contributed by atoms with van der Waals surface area (Å²) in [5, 5.41) is 3.59. The van der Waals surface area contributed by atoms with Crippen molar-refractivity contribution < 1.29 is 4.39 Å². The van der Waals surface area contributed by atoms with Crippen molar-refractivity contribution in [2.75, 3.05) is 0 Å². The molecule has 3 rings (SSSR count). The van der Waals surface area contributed by atoms with Crippen LogP contribution in [0.2, 0.25) is 0 Å². The van der Waals surface area contributed by atoms with Gasteiger partial charge in [0.05, 0.1) is 5.38 Å². The first kappa shape index (κ1) is 13.6. The second-order valence-electron chi connectivity index (χ2n) is 5.35. The fourth-order valence-corrected chi connectivity index (χ4v) is 3.25. The Morgan fingerprint density at radius 3 is 2.85 bits per heavy atom. The van der Waals surface area contributed by atoms with E-state index in [-0.39, 0.29) is 17.2 Å². The van der Waals surface area contributed by atoms with Crippen molar-refractivity contribution in [2.24, 2.45) is 0 Å². The normalized spacial score (nSPS) is 20.9. The first-order valence-corrected chi connectivity index (χ1v) is 7.29. The fourth-order valence-electron chi connectivity index (χ4n) is 2.86. The molecule has 0 radical (unpaired) electrons. The Morgan fingerprint density at radius 2 is 2.05 bits per heavy atom. The van der Waals surface area contributed by atoms with Crippen molar-refractivity contribution in [3.8, 4) is 0 Å². The zero-order chi connectivity index (χ0) is 14.1. The average Bonchev–Trinajstić information content (AvgIpc) is 2.74. The van der Waals surface area contributed by atoms with Crippen LogP contribution < -0.4 is 5.32 Å². The molecule has 1 N–H and O–H groups in total. The third-order valence-electron chi connectivity index (χ3n) is 3.98. The van der Waals surface area contributed by atoms with Crippen LogP contribution in [0, 0.1) is 12.7 Å². The molecule has 0 aromatic heterocycles. The van der Waals surface area contributed by atoms with Crippen LogP contribution in [-0.2, 0) is 13.0 Å². The lowest BCUT2D eigenvalue weighted by molar-refractivity contribution is 0.534. The van der Waals surface area contributed by atoms with Crippen molar-refractivity contribution in [2.45, 2.75) is 31.3 Å². The largest absolute Gasteiger partial charge is 0.305 e. The molecule has 0 amide bonds. The number of rotatable bonds is 3.